The molecule has 1 atom stereocenters. The SMILES string of the molecule is Cc1noc(NS(=O)(=O)c2ccc(NC(=O)C3CSc4nc(C(C)(C)C)cc(=O)n4C3)cc2)c1C. The van der Waals surface area contributed by atoms with Crippen LogP contribution in [-0.2, 0) is 26.8 Å². The molecular weight excluding hydrogens is 490 g/mol. The summed E-state index contributed by atoms with van der Waals surface area (Å²) in [4.78, 5) is 30.1. The van der Waals surface area contributed by atoms with E-state index in [0.717, 1.165) is 5.69 Å². The number of amides is 1. The third-order valence-electron chi connectivity index (χ3n) is 5.75. The fourth-order valence-electron chi connectivity index (χ4n) is 3.41. The number of fused-ring (bicyclic) bond motifs is 1. The summed E-state index contributed by atoms with van der Waals surface area (Å²) in [6.07, 6.45) is 0. The molecule has 0 saturated carbocycles. The monoisotopic (exact) mass is 517 g/mol. The molecule has 35 heavy (non-hydrogen) atoms. The average Bonchev–Trinajstić information content (AvgIpc) is 3.10. The molecule has 0 aliphatic carbocycles. The zero-order valence-electron chi connectivity index (χ0n) is 20.1. The van der Waals surface area contributed by atoms with Gasteiger partial charge in [-0.05, 0) is 38.1 Å². The van der Waals surface area contributed by atoms with Crippen molar-refractivity contribution >= 4 is 39.3 Å². The Balaban J connectivity index is 1.44. The Bertz CT molecular complexity index is 1440. The van der Waals surface area contributed by atoms with E-state index in [0.29, 0.717) is 27.9 Å². The van der Waals surface area contributed by atoms with Gasteiger partial charge in [-0.25, -0.2) is 18.1 Å². The number of rotatable bonds is 5. The zero-order chi connectivity index (χ0) is 25.5. The number of anilines is 2. The maximum atomic E-state index is 12.9. The van der Waals surface area contributed by atoms with Gasteiger partial charge < -0.3 is 9.84 Å². The molecule has 1 aliphatic rings. The van der Waals surface area contributed by atoms with E-state index in [4.69, 9.17) is 4.52 Å². The number of benzene rings is 1. The van der Waals surface area contributed by atoms with E-state index in [9.17, 15) is 18.0 Å². The third kappa shape index (κ3) is 5.27. The van der Waals surface area contributed by atoms with E-state index in [2.05, 4.69) is 20.2 Å². The number of nitrogens with zero attached hydrogens (tertiary/aromatic N) is 3. The first-order valence-corrected chi connectivity index (χ1v) is 13.4. The van der Waals surface area contributed by atoms with Crippen LogP contribution in [0, 0.1) is 19.8 Å². The number of aromatic nitrogens is 3. The van der Waals surface area contributed by atoms with E-state index in [1.165, 1.54) is 46.7 Å². The van der Waals surface area contributed by atoms with E-state index in [-0.39, 0.29) is 34.2 Å². The summed E-state index contributed by atoms with van der Waals surface area (Å²) in [7, 11) is -3.89. The van der Waals surface area contributed by atoms with Crippen molar-refractivity contribution in [2.45, 2.75) is 56.6 Å². The van der Waals surface area contributed by atoms with Crippen LogP contribution in [0.15, 0.2) is 49.7 Å². The summed E-state index contributed by atoms with van der Waals surface area (Å²) in [6, 6.07) is 7.34. The standard InChI is InChI=1S/C23H27N5O5S2/c1-13-14(2)26-33-21(13)27-35(31,32)17-8-6-16(7-9-17)24-20(30)15-11-28-19(29)10-18(23(3,4)5)25-22(28)34-12-15/h6-10,15,27H,11-12H2,1-5H3,(H,24,30). The number of thioether (sulfide) groups is 1. The van der Waals surface area contributed by atoms with E-state index in [1.54, 1.807) is 13.8 Å². The summed E-state index contributed by atoms with van der Waals surface area (Å²) in [5, 5.41) is 7.17. The minimum absolute atomic E-state index is 0.0124. The van der Waals surface area contributed by atoms with Crippen molar-refractivity contribution in [1.29, 1.82) is 0 Å². The Morgan fingerprint density at radius 2 is 1.89 bits per heavy atom. The first-order chi connectivity index (χ1) is 16.3. The van der Waals surface area contributed by atoms with Crippen LogP contribution in [0.5, 0.6) is 0 Å². The van der Waals surface area contributed by atoms with Crippen LogP contribution < -0.4 is 15.6 Å². The molecular formula is C23H27N5O5S2. The van der Waals surface area contributed by atoms with Crippen LogP contribution in [0.4, 0.5) is 11.6 Å². The lowest BCUT2D eigenvalue weighted by Crippen LogP contribution is -2.37. The second kappa shape index (κ2) is 9.15. The van der Waals surface area contributed by atoms with Crippen molar-refractivity contribution in [3.05, 3.63) is 57.6 Å². The first kappa shape index (κ1) is 25.0. The van der Waals surface area contributed by atoms with Gasteiger partial charge in [0.25, 0.3) is 15.6 Å². The molecule has 1 unspecified atom stereocenters. The maximum Gasteiger partial charge on any atom is 0.264 e. The Morgan fingerprint density at radius 1 is 1.20 bits per heavy atom. The second-order valence-corrected chi connectivity index (χ2v) is 12.1. The number of sulfonamides is 1. The minimum atomic E-state index is -3.89. The fraction of sp³-hybridized carbons (Fsp3) is 0.391. The van der Waals surface area contributed by atoms with Crippen LogP contribution in [0.3, 0.4) is 0 Å². The van der Waals surface area contributed by atoms with Crippen molar-refractivity contribution < 1.29 is 17.7 Å². The van der Waals surface area contributed by atoms with E-state index in [1.807, 2.05) is 20.8 Å². The van der Waals surface area contributed by atoms with E-state index < -0.39 is 15.9 Å². The lowest BCUT2D eigenvalue weighted by molar-refractivity contribution is -0.119. The molecule has 2 N–H and O–H groups in total. The number of hydrogen-bond acceptors (Lipinski definition) is 8. The molecule has 0 saturated heterocycles. The topological polar surface area (TPSA) is 136 Å². The highest BCUT2D eigenvalue weighted by Gasteiger charge is 2.29. The highest BCUT2D eigenvalue weighted by Crippen LogP contribution is 2.29. The molecule has 1 aliphatic heterocycles. The van der Waals surface area contributed by atoms with Gasteiger partial charge in [0.2, 0.25) is 11.8 Å². The Kier molecular flexibility index (Phi) is 6.54. The van der Waals surface area contributed by atoms with Crippen molar-refractivity contribution in [1.82, 2.24) is 14.7 Å². The molecule has 186 valence electrons. The van der Waals surface area contributed by atoms with Crippen molar-refractivity contribution in [3.8, 4) is 0 Å². The van der Waals surface area contributed by atoms with Crippen molar-refractivity contribution in [2.75, 3.05) is 15.8 Å². The van der Waals surface area contributed by atoms with Crippen molar-refractivity contribution in [2.24, 2.45) is 5.92 Å². The van der Waals surface area contributed by atoms with Crippen LogP contribution >= 0.6 is 11.8 Å². The molecule has 0 bridgehead atoms. The van der Waals surface area contributed by atoms with Crippen LogP contribution in [0.1, 0.15) is 37.7 Å². The van der Waals surface area contributed by atoms with Gasteiger partial charge in [-0.2, -0.15) is 0 Å². The lowest BCUT2D eigenvalue weighted by Gasteiger charge is -2.26. The molecule has 4 rings (SSSR count). The Morgan fingerprint density at radius 3 is 2.49 bits per heavy atom. The average molecular weight is 518 g/mol. The smallest absolute Gasteiger partial charge is 0.264 e. The Hall–Kier alpha value is -3.12. The first-order valence-electron chi connectivity index (χ1n) is 11.0. The van der Waals surface area contributed by atoms with Gasteiger partial charge in [-0.3, -0.25) is 14.2 Å². The molecule has 0 spiro atoms. The molecule has 3 heterocycles. The summed E-state index contributed by atoms with van der Waals surface area (Å²) in [5.41, 5.74) is 1.95. The maximum absolute atomic E-state index is 12.9. The largest absolute Gasteiger partial charge is 0.337 e. The molecule has 1 aromatic carbocycles. The number of hydrogen-bond donors (Lipinski definition) is 2. The number of aryl methyl sites for hydroxylation is 1. The summed E-state index contributed by atoms with van der Waals surface area (Å²) in [5.74, 6) is -0.140. The second-order valence-electron chi connectivity index (χ2n) is 9.47. The molecule has 12 heteroatoms. The van der Waals surface area contributed by atoms with E-state index >= 15 is 0 Å². The molecule has 0 radical (unpaired) electrons. The fourth-order valence-corrected chi connectivity index (χ4v) is 5.54. The number of nitrogens with one attached hydrogen (secondary N) is 2. The molecule has 2 aromatic heterocycles. The number of carbonyl (C=O) groups excluding carboxylic acids is 1. The highest BCUT2D eigenvalue weighted by molar-refractivity contribution is 7.99. The number of carbonyl (C=O) groups is 1. The van der Waals surface area contributed by atoms with Crippen molar-refractivity contribution in [3.63, 3.8) is 0 Å². The lowest BCUT2D eigenvalue weighted by atomic mass is 9.92. The van der Waals surface area contributed by atoms with Gasteiger partial charge in [0, 0.05) is 35.0 Å². The van der Waals surface area contributed by atoms with Gasteiger partial charge >= 0.3 is 0 Å². The van der Waals surface area contributed by atoms with Crippen LogP contribution in [0.25, 0.3) is 0 Å². The summed E-state index contributed by atoms with van der Waals surface area (Å²) >= 11 is 1.38. The van der Waals surface area contributed by atoms with Gasteiger partial charge in [0.15, 0.2) is 5.16 Å². The molecule has 3 aromatic rings. The zero-order valence-corrected chi connectivity index (χ0v) is 21.7. The predicted octanol–water partition coefficient (Wildman–Crippen LogP) is 3.31. The normalized spacial score (nSPS) is 16.0. The van der Waals surface area contributed by atoms with Gasteiger partial charge in [0.1, 0.15) is 0 Å². The van der Waals surface area contributed by atoms with Gasteiger partial charge in [0.05, 0.1) is 22.2 Å². The van der Waals surface area contributed by atoms with Crippen LogP contribution in [0.2, 0.25) is 0 Å². The molecule has 0 fully saturated rings. The summed E-state index contributed by atoms with van der Waals surface area (Å²) in [6.45, 7) is 9.65. The minimum Gasteiger partial charge on any atom is -0.337 e. The highest BCUT2D eigenvalue weighted by atomic mass is 32.2. The summed E-state index contributed by atoms with van der Waals surface area (Å²) < 4.78 is 34.2. The van der Waals surface area contributed by atoms with Gasteiger partial charge in [-0.1, -0.05) is 37.7 Å². The third-order valence-corrected chi connectivity index (χ3v) is 8.23. The molecule has 10 nitrogen and oxygen atoms in total. The van der Waals surface area contributed by atoms with Gasteiger partial charge in [-0.15, -0.1) is 0 Å². The molecule has 1 amide bonds. The predicted molar refractivity (Wildman–Crippen MR) is 133 cm³/mol. The quantitative estimate of drug-likeness (QED) is 0.492. The Labute approximate surface area is 207 Å². The van der Waals surface area contributed by atoms with Crippen LogP contribution in [-0.4, -0.2) is 34.8 Å².